The number of aryl methyl sites for hydroxylation is 1. The maximum absolute atomic E-state index is 13.4. The first kappa shape index (κ1) is 25.1. The van der Waals surface area contributed by atoms with E-state index in [1.54, 1.807) is 30.3 Å². The Morgan fingerprint density at radius 2 is 1.89 bits per heavy atom. The summed E-state index contributed by atoms with van der Waals surface area (Å²) in [6.45, 7) is 1.39. The van der Waals surface area contributed by atoms with Gasteiger partial charge in [0.1, 0.15) is 18.4 Å². The van der Waals surface area contributed by atoms with E-state index in [-0.39, 0.29) is 16.7 Å². The molecular weight excluding hydrogens is 506 g/mol. The van der Waals surface area contributed by atoms with Gasteiger partial charge in [-0.1, -0.05) is 47.5 Å². The summed E-state index contributed by atoms with van der Waals surface area (Å²) in [5.41, 5.74) is 4.35. The molecule has 0 radical (unpaired) electrons. The quantitative estimate of drug-likeness (QED) is 0.326. The predicted octanol–water partition coefficient (Wildman–Crippen LogP) is 4.49. The molecule has 0 aromatic heterocycles. The van der Waals surface area contributed by atoms with Crippen molar-refractivity contribution in [3.8, 4) is 5.75 Å². The fraction of sp³-hybridized carbons (Fsp3) is 0.200. The Labute approximate surface area is 214 Å². The van der Waals surface area contributed by atoms with Gasteiger partial charge in [-0.3, -0.25) is 9.10 Å². The summed E-state index contributed by atoms with van der Waals surface area (Å²) < 4.78 is 33.7. The number of sulfonamides is 1. The van der Waals surface area contributed by atoms with Gasteiger partial charge in [0, 0.05) is 16.5 Å². The van der Waals surface area contributed by atoms with Crippen LogP contribution in [0, 0.1) is 6.92 Å². The summed E-state index contributed by atoms with van der Waals surface area (Å²) >= 11 is 7.93. The van der Waals surface area contributed by atoms with Crippen molar-refractivity contribution in [3.63, 3.8) is 0 Å². The Kier molecular flexibility index (Phi) is 8.00. The van der Waals surface area contributed by atoms with Crippen LogP contribution in [0.25, 0.3) is 0 Å². The van der Waals surface area contributed by atoms with Crippen molar-refractivity contribution in [1.29, 1.82) is 0 Å². The molecule has 1 amide bonds. The van der Waals surface area contributed by atoms with Gasteiger partial charge in [-0.05, 0) is 55.0 Å². The first-order valence-electron chi connectivity index (χ1n) is 10.8. The Hall–Kier alpha value is -3.01. The first-order valence-corrected chi connectivity index (χ1v) is 13.8. The molecule has 0 aliphatic carbocycles. The molecule has 4 rings (SSSR count). The summed E-state index contributed by atoms with van der Waals surface area (Å²) in [5, 5.41) is 4.35. The van der Waals surface area contributed by atoms with Crippen molar-refractivity contribution in [2.75, 3.05) is 22.4 Å². The number of amides is 1. The van der Waals surface area contributed by atoms with Crippen molar-refractivity contribution in [2.45, 2.75) is 17.9 Å². The number of carbonyl (C=O) groups is 1. The Morgan fingerprint density at radius 1 is 1.14 bits per heavy atom. The smallest absolute Gasteiger partial charge is 0.264 e. The summed E-state index contributed by atoms with van der Waals surface area (Å²) in [6, 6.07) is 20.1. The lowest BCUT2D eigenvalue weighted by Crippen LogP contribution is -2.39. The van der Waals surface area contributed by atoms with E-state index in [1.165, 1.54) is 24.4 Å². The number of benzene rings is 3. The number of hydrazone groups is 1. The van der Waals surface area contributed by atoms with Crippen LogP contribution in [-0.2, 0) is 14.8 Å². The fourth-order valence-corrected chi connectivity index (χ4v) is 5.43. The number of nitrogens with one attached hydrogen (secondary N) is 1. The van der Waals surface area contributed by atoms with Crippen molar-refractivity contribution in [2.24, 2.45) is 5.10 Å². The van der Waals surface area contributed by atoms with Gasteiger partial charge in [0.15, 0.2) is 0 Å². The number of nitrogens with zero attached hydrogens (tertiary/aromatic N) is 2. The molecular formula is C25H24ClN3O4S2. The molecule has 1 N–H and O–H groups in total. The molecule has 1 aliphatic heterocycles. The Balaban J connectivity index is 1.48. The first-order chi connectivity index (χ1) is 16.8. The average Bonchev–Trinajstić information content (AvgIpc) is 2.80. The van der Waals surface area contributed by atoms with Gasteiger partial charge >= 0.3 is 0 Å². The second kappa shape index (κ2) is 11.2. The van der Waals surface area contributed by atoms with Crippen LogP contribution < -0.4 is 14.5 Å². The second-order valence-corrected chi connectivity index (χ2v) is 11.3. The molecule has 0 spiro atoms. The number of hydrogen-bond acceptors (Lipinski definition) is 6. The minimum Gasteiger partial charge on any atom is -0.489 e. The van der Waals surface area contributed by atoms with Crippen LogP contribution in [0.5, 0.6) is 5.75 Å². The molecule has 1 aliphatic rings. The van der Waals surface area contributed by atoms with E-state index in [1.807, 2.05) is 43.0 Å². The normalized spacial score (nSPS) is 13.9. The monoisotopic (exact) mass is 529 g/mol. The lowest BCUT2D eigenvalue weighted by molar-refractivity contribution is -0.119. The largest absolute Gasteiger partial charge is 0.489 e. The number of thioether (sulfide) groups is 1. The molecule has 0 saturated carbocycles. The standard InChI is InChI=1S/C25H24ClN3O4S2/c1-18-8-10-24(11-9-18)35(31,32)29(21-6-3-5-20(26)13-21)15-25(30)28-27-14-19-4-2-7-22(12-19)33-23-16-34-17-23/h2-14,23H,15-17H2,1H3,(H,28,30)/b27-14+. The zero-order valence-electron chi connectivity index (χ0n) is 18.9. The second-order valence-electron chi connectivity index (χ2n) is 7.95. The van der Waals surface area contributed by atoms with E-state index < -0.39 is 22.5 Å². The van der Waals surface area contributed by atoms with Crippen LogP contribution in [0.3, 0.4) is 0 Å². The van der Waals surface area contributed by atoms with Crippen LogP contribution in [0.2, 0.25) is 5.02 Å². The van der Waals surface area contributed by atoms with Crippen molar-refractivity contribution in [3.05, 3.63) is 88.9 Å². The molecule has 0 bridgehead atoms. The number of rotatable bonds is 9. The third-order valence-electron chi connectivity index (χ3n) is 5.16. The molecule has 10 heteroatoms. The summed E-state index contributed by atoms with van der Waals surface area (Å²) in [5.74, 6) is 2.09. The van der Waals surface area contributed by atoms with Crippen molar-refractivity contribution in [1.82, 2.24) is 5.43 Å². The van der Waals surface area contributed by atoms with Gasteiger partial charge < -0.3 is 4.74 Å². The highest BCUT2D eigenvalue weighted by molar-refractivity contribution is 8.00. The molecule has 0 atom stereocenters. The van der Waals surface area contributed by atoms with E-state index in [0.29, 0.717) is 5.02 Å². The minimum absolute atomic E-state index is 0.0704. The zero-order valence-corrected chi connectivity index (χ0v) is 21.3. The van der Waals surface area contributed by atoms with E-state index in [0.717, 1.165) is 32.7 Å². The van der Waals surface area contributed by atoms with Gasteiger partial charge in [-0.15, -0.1) is 0 Å². The molecule has 0 unspecified atom stereocenters. The van der Waals surface area contributed by atoms with Crippen molar-refractivity contribution >= 4 is 51.2 Å². The van der Waals surface area contributed by atoms with Gasteiger partial charge in [0.2, 0.25) is 0 Å². The third-order valence-corrected chi connectivity index (χ3v) is 8.40. The molecule has 182 valence electrons. The fourth-order valence-electron chi connectivity index (χ4n) is 3.27. The molecule has 3 aromatic rings. The van der Waals surface area contributed by atoms with Crippen LogP contribution >= 0.6 is 23.4 Å². The summed E-state index contributed by atoms with van der Waals surface area (Å²) in [7, 11) is -4.03. The van der Waals surface area contributed by atoms with Gasteiger partial charge in [0.25, 0.3) is 15.9 Å². The average molecular weight is 530 g/mol. The topological polar surface area (TPSA) is 88.1 Å². The minimum atomic E-state index is -4.03. The number of anilines is 1. The maximum atomic E-state index is 13.4. The molecule has 7 nitrogen and oxygen atoms in total. The molecule has 1 heterocycles. The molecule has 1 fully saturated rings. The van der Waals surface area contributed by atoms with Crippen LogP contribution in [0.1, 0.15) is 11.1 Å². The number of hydrogen-bond donors (Lipinski definition) is 1. The molecule has 1 saturated heterocycles. The zero-order chi connectivity index (χ0) is 24.8. The highest BCUT2D eigenvalue weighted by atomic mass is 35.5. The van der Waals surface area contributed by atoms with E-state index in [4.69, 9.17) is 16.3 Å². The number of halogens is 1. The van der Waals surface area contributed by atoms with Crippen molar-refractivity contribution < 1.29 is 17.9 Å². The SMILES string of the molecule is Cc1ccc(S(=O)(=O)N(CC(=O)N/N=C/c2cccc(OC3CSC3)c2)c2cccc(Cl)c2)cc1. The maximum Gasteiger partial charge on any atom is 0.264 e. The van der Waals surface area contributed by atoms with E-state index in [2.05, 4.69) is 10.5 Å². The van der Waals surface area contributed by atoms with Crippen LogP contribution in [0.4, 0.5) is 5.69 Å². The highest BCUT2D eigenvalue weighted by Crippen LogP contribution is 2.26. The lowest BCUT2D eigenvalue weighted by atomic mass is 10.2. The van der Waals surface area contributed by atoms with Gasteiger partial charge in [-0.2, -0.15) is 16.9 Å². The Bertz CT molecular complexity index is 1330. The molecule has 3 aromatic carbocycles. The summed E-state index contributed by atoms with van der Waals surface area (Å²) in [4.78, 5) is 12.8. The third kappa shape index (κ3) is 6.56. The van der Waals surface area contributed by atoms with Crippen LogP contribution in [-0.4, -0.2) is 44.7 Å². The predicted molar refractivity (Wildman–Crippen MR) is 141 cm³/mol. The highest BCUT2D eigenvalue weighted by Gasteiger charge is 2.27. The Morgan fingerprint density at radius 3 is 2.57 bits per heavy atom. The van der Waals surface area contributed by atoms with E-state index in [9.17, 15) is 13.2 Å². The lowest BCUT2D eigenvalue weighted by Gasteiger charge is -2.25. The molecule has 35 heavy (non-hydrogen) atoms. The number of ether oxygens (including phenoxy) is 1. The van der Waals surface area contributed by atoms with E-state index >= 15 is 0 Å². The van der Waals surface area contributed by atoms with Gasteiger partial charge in [-0.25, -0.2) is 13.8 Å². The van der Waals surface area contributed by atoms with Gasteiger partial charge in [0.05, 0.1) is 16.8 Å². The van der Waals surface area contributed by atoms with Crippen LogP contribution in [0.15, 0.2) is 82.8 Å². The summed E-state index contributed by atoms with van der Waals surface area (Å²) in [6.07, 6.45) is 1.71. The number of carbonyl (C=O) groups excluding carboxylic acids is 1.